The highest BCUT2D eigenvalue weighted by Crippen LogP contribution is 2.43. The standard InChI is InChI=1S/C30H35F4N5O5/c1-17-24(28(42)39-10-6-29(43,7-11-39)16-38-8-4-3-5-9-38)25(30(32,33)34)21(35-17)14-20-19-12-18(31)13-22(26(19)37-27(20)41)36-23(40)15-44-2/h12-14,35,43H,3-11,15-16H2,1-2H3,(H,36,40)(H,37,41)/b20-14-. The second-order valence-corrected chi connectivity index (χ2v) is 11.6. The lowest BCUT2D eigenvalue weighted by Gasteiger charge is -2.42. The molecule has 2 aromatic rings. The number of nitrogens with zero attached hydrogens (tertiary/aromatic N) is 2. The number of nitrogens with one attached hydrogen (secondary N) is 3. The number of aromatic nitrogens is 1. The first-order valence-electron chi connectivity index (χ1n) is 14.5. The molecule has 0 saturated carbocycles. The van der Waals surface area contributed by atoms with Gasteiger partial charge in [0, 0.05) is 38.0 Å². The molecular weight excluding hydrogens is 586 g/mol. The van der Waals surface area contributed by atoms with Gasteiger partial charge < -0.3 is 35.3 Å². The molecule has 238 valence electrons. The van der Waals surface area contributed by atoms with Crippen molar-refractivity contribution >= 4 is 40.7 Å². The predicted molar refractivity (Wildman–Crippen MR) is 154 cm³/mol. The van der Waals surface area contributed by atoms with E-state index in [1.165, 1.54) is 18.9 Å². The molecule has 1 aromatic carbocycles. The van der Waals surface area contributed by atoms with E-state index in [4.69, 9.17) is 4.74 Å². The minimum atomic E-state index is -4.98. The number of benzene rings is 1. The van der Waals surface area contributed by atoms with Crippen molar-refractivity contribution in [2.24, 2.45) is 0 Å². The van der Waals surface area contributed by atoms with E-state index in [1.54, 1.807) is 0 Å². The lowest BCUT2D eigenvalue weighted by atomic mass is 9.89. The number of aliphatic hydroxyl groups is 1. The smallest absolute Gasteiger partial charge is 0.388 e. The Labute approximate surface area is 251 Å². The van der Waals surface area contributed by atoms with E-state index in [-0.39, 0.29) is 60.7 Å². The molecule has 1 aromatic heterocycles. The fraction of sp³-hybridized carbons (Fsp3) is 0.500. The summed E-state index contributed by atoms with van der Waals surface area (Å²) in [6, 6.07) is 1.94. The van der Waals surface area contributed by atoms with Crippen LogP contribution in [0.1, 0.15) is 65.0 Å². The van der Waals surface area contributed by atoms with Crippen LogP contribution in [0, 0.1) is 12.7 Å². The first-order valence-corrected chi connectivity index (χ1v) is 14.5. The molecule has 10 nitrogen and oxygen atoms in total. The van der Waals surface area contributed by atoms with Gasteiger partial charge in [0.15, 0.2) is 0 Å². The van der Waals surface area contributed by atoms with Crippen LogP contribution in [-0.4, -0.2) is 89.7 Å². The number of piperidine rings is 2. The second kappa shape index (κ2) is 12.3. The number of fused-ring (bicyclic) bond motifs is 1. The molecule has 0 spiro atoms. The summed E-state index contributed by atoms with van der Waals surface area (Å²) in [5.41, 5.74) is -3.83. The molecule has 0 aliphatic carbocycles. The molecule has 2 saturated heterocycles. The average molecular weight is 622 g/mol. The van der Waals surface area contributed by atoms with E-state index in [1.807, 2.05) is 0 Å². The van der Waals surface area contributed by atoms with E-state index >= 15 is 0 Å². The average Bonchev–Trinajstić information content (AvgIpc) is 3.45. The number of carbonyl (C=O) groups is 3. The molecule has 0 radical (unpaired) electrons. The van der Waals surface area contributed by atoms with Gasteiger partial charge in [-0.05, 0) is 63.9 Å². The van der Waals surface area contributed by atoms with Crippen molar-refractivity contribution in [2.45, 2.75) is 50.8 Å². The predicted octanol–water partition coefficient (Wildman–Crippen LogP) is 4.01. The Balaban J connectivity index is 1.43. The molecule has 0 bridgehead atoms. The summed E-state index contributed by atoms with van der Waals surface area (Å²) >= 11 is 0. The highest BCUT2D eigenvalue weighted by Gasteiger charge is 2.43. The number of anilines is 2. The van der Waals surface area contributed by atoms with Gasteiger partial charge in [0.2, 0.25) is 5.91 Å². The molecule has 14 heteroatoms. The fourth-order valence-electron chi connectivity index (χ4n) is 6.26. The Bertz CT molecular complexity index is 1490. The van der Waals surface area contributed by atoms with Crippen molar-refractivity contribution in [2.75, 3.05) is 57.1 Å². The zero-order valence-corrected chi connectivity index (χ0v) is 24.5. The second-order valence-electron chi connectivity index (χ2n) is 11.6. The summed E-state index contributed by atoms with van der Waals surface area (Å²) in [6.45, 7) is 3.42. The third-order valence-electron chi connectivity index (χ3n) is 8.38. The van der Waals surface area contributed by atoms with E-state index in [0.29, 0.717) is 6.54 Å². The van der Waals surface area contributed by atoms with Crippen molar-refractivity contribution in [3.63, 3.8) is 0 Å². The Hall–Kier alpha value is -3.75. The van der Waals surface area contributed by atoms with E-state index in [2.05, 4.69) is 20.5 Å². The van der Waals surface area contributed by atoms with Gasteiger partial charge in [-0.3, -0.25) is 14.4 Å². The van der Waals surface area contributed by atoms with Gasteiger partial charge in [-0.25, -0.2) is 4.39 Å². The molecule has 4 heterocycles. The van der Waals surface area contributed by atoms with Gasteiger partial charge in [-0.2, -0.15) is 13.2 Å². The number of β-amino-alcohol motifs (C(OH)–C–C–N with tert-alkyl or cyclic N) is 1. The van der Waals surface area contributed by atoms with Crippen LogP contribution in [0.3, 0.4) is 0 Å². The summed E-state index contributed by atoms with van der Waals surface area (Å²) in [6.07, 6.45) is -0.310. The third-order valence-corrected chi connectivity index (χ3v) is 8.38. The highest BCUT2D eigenvalue weighted by molar-refractivity contribution is 6.36. The van der Waals surface area contributed by atoms with E-state index in [0.717, 1.165) is 50.6 Å². The number of hydrogen-bond acceptors (Lipinski definition) is 6. The summed E-state index contributed by atoms with van der Waals surface area (Å²) in [5, 5.41) is 16.0. The van der Waals surface area contributed by atoms with Crippen LogP contribution in [0.15, 0.2) is 12.1 Å². The number of halogens is 4. The molecule has 44 heavy (non-hydrogen) atoms. The number of aromatic amines is 1. The van der Waals surface area contributed by atoms with Crippen LogP contribution in [0.25, 0.3) is 11.6 Å². The zero-order valence-electron chi connectivity index (χ0n) is 24.5. The lowest BCUT2D eigenvalue weighted by Crippen LogP contribution is -2.53. The SMILES string of the molecule is COCC(=O)Nc1cc(F)cc2c1NC(=O)/C2=C\c1[nH]c(C)c(C(=O)N2CCC(O)(CN3CCCCC3)CC2)c1C(F)(F)F. The van der Waals surface area contributed by atoms with Crippen LogP contribution in [0.4, 0.5) is 28.9 Å². The fourth-order valence-corrected chi connectivity index (χ4v) is 6.26. The molecule has 3 aliphatic heterocycles. The summed E-state index contributed by atoms with van der Waals surface area (Å²) in [7, 11) is 1.29. The van der Waals surface area contributed by atoms with Crippen LogP contribution in [0.5, 0.6) is 0 Å². The maximum atomic E-state index is 14.6. The van der Waals surface area contributed by atoms with Gasteiger partial charge >= 0.3 is 6.18 Å². The molecule has 3 aliphatic rings. The Morgan fingerprint density at radius 3 is 2.45 bits per heavy atom. The van der Waals surface area contributed by atoms with Crippen molar-refractivity contribution in [1.82, 2.24) is 14.8 Å². The number of ether oxygens (including phenoxy) is 1. The molecule has 0 atom stereocenters. The first-order chi connectivity index (χ1) is 20.8. The molecule has 3 amide bonds. The Morgan fingerprint density at radius 1 is 1.14 bits per heavy atom. The molecule has 5 rings (SSSR count). The third kappa shape index (κ3) is 6.52. The van der Waals surface area contributed by atoms with Crippen LogP contribution < -0.4 is 10.6 Å². The number of amides is 3. The largest absolute Gasteiger partial charge is 0.419 e. The van der Waals surface area contributed by atoms with Gasteiger partial charge in [0.25, 0.3) is 11.8 Å². The van der Waals surface area contributed by atoms with Crippen molar-refractivity contribution in [3.8, 4) is 0 Å². The monoisotopic (exact) mass is 621 g/mol. The van der Waals surface area contributed by atoms with Crippen LogP contribution >= 0.6 is 0 Å². The number of carbonyl (C=O) groups excluding carboxylic acids is 3. The Morgan fingerprint density at radius 2 is 1.82 bits per heavy atom. The number of alkyl halides is 3. The highest BCUT2D eigenvalue weighted by atomic mass is 19.4. The van der Waals surface area contributed by atoms with Crippen molar-refractivity contribution in [1.29, 1.82) is 0 Å². The topological polar surface area (TPSA) is 127 Å². The number of aryl methyl sites for hydroxylation is 1. The van der Waals surface area contributed by atoms with Crippen LogP contribution in [0.2, 0.25) is 0 Å². The minimum Gasteiger partial charge on any atom is -0.388 e. The van der Waals surface area contributed by atoms with E-state index < -0.39 is 52.1 Å². The normalized spacial score (nSPS) is 19.7. The lowest BCUT2D eigenvalue weighted by molar-refractivity contribution is -0.138. The van der Waals surface area contributed by atoms with Crippen LogP contribution in [-0.2, 0) is 20.5 Å². The maximum Gasteiger partial charge on any atom is 0.419 e. The number of rotatable bonds is 7. The van der Waals surface area contributed by atoms with Gasteiger partial charge in [0.05, 0.1) is 39.4 Å². The minimum absolute atomic E-state index is 0.0191. The molecule has 4 N–H and O–H groups in total. The van der Waals surface area contributed by atoms with Crippen molar-refractivity contribution < 1.29 is 41.8 Å². The molecule has 2 fully saturated rings. The zero-order chi connectivity index (χ0) is 31.8. The summed E-state index contributed by atoms with van der Waals surface area (Å²) < 4.78 is 63.0. The summed E-state index contributed by atoms with van der Waals surface area (Å²) in [5.74, 6) is -3.11. The number of hydrogen-bond donors (Lipinski definition) is 4. The molecule has 0 unspecified atom stereocenters. The maximum absolute atomic E-state index is 14.6. The number of H-pyrrole nitrogens is 1. The molecular formula is C30H35F4N5O5. The van der Waals surface area contributed by atoms with Gasteiger partial charge in [-0.1, -0.05) is 6.42 Å². The van der Waals surface area contributed by atoms with E-state index in [9.17, 15) is 37.1 Å². The number of methoxy groups -OCH3 is 1. The van der Waals surface area contributed by atoms with Gasteiger partial charge in [-0.15, -0.1) is 0 Å². The quantitative estimate of drug-likeness (QED) is 0.274. The first kappa shape index (κ1) is 31.7. The summed E-state index contributed by atoms with van der Waals surface area (Å²) in [4.78, 5) is 44.6. The van der Waals surface area contributed by atoms with Crippen molar-refractivity contribution in [3.05, 3.63) is 46.0 Å². The number of likely N-dealkylation sites (tertiary alicyclic amines) is 2. The Kier molecular flexibility index (Phi) is 8.87. The van der Waals surface area contributed by atoms with Gasteiger partial charge in [0.1, 0.15) is 12.4 Å².